The predicted octanol–water partition coefficient (Wildman–Crippen LogP) is 0.701. The van der Waals surface area contributed by atoms with Crippen molar-refractivity contribution in [1.82, 2.24) is 15.5 Å². The lowest BCUT2D eigenvalue weighted by Crippen LogP contribution is -2.38. The van der Waals surface area contributed by atoms with Crippen LogP contribution in [-0.4, -0.2) is 33.2 Å². The van der Waals surface area contributed by atoms with Gasteiger partial charge in [0.15, 0.2) is 0 Å². The molecule has 1 aromatic heterocycles. The highest BCUT2D eigenvalue weighted by atomic mass is 16.4. The standard InChI is InChI=1S/C11H15N3O3/c1-6-4-9(14-13-6)11(17)12-8(5-10(15)16)7-2-3-7/h4,7-8H,2-3,5H2,1H3,(H,12,17)(H,13,14)(H,15,16). The monoisotopic (exact) mass is 237 g/mol. The van der Waals surface area contributed by atoms with E-state index >= 15 is 0 Å². The number of carboxylic acids is 1. The fourth-order valence-corrected chi connectivity index (χ4v) is 1.80. The average molecular weight is 237 g/mol. The quantitative estimate of drug-likeness (QED) is 0.702. The highest BCUT2D eigenvalue weighted by Crippen LogP contribution is 2.34. The highest BCUT2D eigenvalue weighted by molar-refractivity contribution is 5.92. The van der Waals surface area contributed by atoms with Gasteiger partial charge in [0, 0.05) is 11.7 Å². The van der Waals surface area contributed by atoms with Crippen LogP contribution in [0.3, 0.4) is 0 Å². The Labute approximate surface area is 98.4 Å². The maximum absolute atomic E-state index is 11.8. The summed E-state index contributed by atoms with van der Waals surface area (Å²) in [5.41, 5.74) is 1.11. The van der Waals surface area contributed by atoms with Gasteiger partial charge < -0.3 is 10.4 Å². The maximum atomic E-state index is 11.8. The molecule has 0 radical (unpaired) electrons. The number of aryl methyl sites for hydroxylation is 1. The number of hydrogen-bond acceptors (Lipinski definition) is 3. The Bertz CT molecular complexity index is 437. The van der Waals surface area contributed by atoms with Crippen molar-refractivity contribution in [2.24, 2.45) is 5.92 Å². The van der Waals surface area contributed by atoms with E-state index < -0.39 is 5.97 Å². The molecule has 1 amide bonds. The molecule has 1 aromatic rings. The Morgan fingerprint density at radius 3 is 2.82 bits per heavy atom. The molecule has 1 fully saturated rings. The number of amides is 1. The number of aromatic amines is 1. The van der Waals surface area contributed by atoms with Crippen LogP contribution in [-0.2, 0) is 4.79 Å². The lowest BCUT2D eigenvalue weighted by Gasteiger charge is -2.14. The van der Waals surface area contributed by atoms with E-state index in [9.17, 15) is 9.59 Å². The normalized spacial score (nSPS) is 16.5. The number of H-pyrrole nitrogens is 1. The van der Waals surface area contributed by atoms with Gasteiger partial charge >= 0.3 is 5.97 Å². The first kappa shape index (κ1) is 11.6. The van der Waals surface area contributed by atoms with E-state index in [1.54, 1.807) is 13.0 Å². The third-order valence-corrected chi connectivity index (χ3v) is 2.84. The summed E-state index contributed by atoms with van der Waals surface area (Å²) in [7, 11) is 0. The lowest BCUT2D eigenvalue weighted by molar-refractivity contribution is -0.137. The van der Waals surface area contributed by atoms with Gasteiger partial charge in [-0.2, -0.15) is 5.10 Å². The second-order valence-electron chi connectivity index (χ2n) is 4.45. The molecule has 0 saturated heterocycles. The van der Waals surface area contributed by atoms with Crippen LogP contribution in [0.1, 0.15) is 35.4 Å². The summed E-state index contributed by atoms with van der Waals surface area (Å²) in [6, 6.07) is 1.36. The minimum atomic E-state index is -0.889. The summed E-state index contributed by atoms with van der Waals surface area (Å²) < 4.78 is 0. The number of carbonyl (C=O) groups excluding carboxylic acids is 1. The number of nitrogens with zero attached hydrogens (tertiary/aromatic N) is 1. The molecular formula is C11H15N3O3. The van der Waals surface area contributed by atoms with Gasteiger partial charge in [-0.15, -0.1) is 0 Å². The number of rotatable bonds is 5. The van der Waals surface area contributed by atoms with Crippen molar-refractivity contribution >= 4 is 11.9 Å². The highest BCUT2D eigenvalue weighted by Gasteiger charge is 2.34. The van der Waals surface area contributed by atoms with Crippen molar-refractivity contribution in [3.05, 3.63) is 17.5 Å². The molecule has 0 spiro atoms. The van der Waals surface area contributed by atoms with Crippen molar-refractivity contribution in [1.29, 1.82) is 0 Å². The topological polar surface area (TPSA) is 95.1 Å². The number of hydrogen-bond donors (Lipinski definition) is 3. The molecule has 17 heavy (non-hydrogen) atoms. The van der Waals surface area contributed by atoms with Crippen LogP contribution >= 0.6 is 0 Å². The molecule has 6 nitrogen and oxygen atoms in total. The second-order valence-corrected chi connectivity index (χ2v) is 4.45. The molecule has 0 bridgehead atoms. The Kier molecular flexibility index (Phi) is 3.12. The van der Waals surface area contributed by atoms with E-state index in [1.165, 1.54) is 0 Å². The van der Waals surface area contributed by atoms with Crippen molar-refractivity contribution in [2.45, 2.75) is 32.2 Å². The summed E-state index contributed by atoms with van der Waals surface area (Å²) in [4.78, 5) is 22.5. The van der Waals surface area contributed by atoms with E-state index in [0.717, 1.165) is 18.5 Å². The van der Waals surface area contributed by atoms with Crippen LogP contribution in [0.2, 0.25) is 0 Å². The fourth-order valence-electron chi connectivity index (χ4n) is 1.80. The molecule has 1 atom stereocenters. The predicted molar refractivity (Wildman–Crippen MR) is 59.6 cm³/mol. The molecule has 1 aliphatic carbocycles. The van der Waals surface area contributed by atoms with Gasteiger partial charge in [-0.1, -0.05) is 0 Å². The van der Waals surface area contributed by atoms with Crippen LogP contribution < -0.4 is 5.32 Å². The fraction of sp³-hybridized carbons (Fsp3) is 0.545. The Hall–Kier alpha value is -1.85. The van der Waals surface area contributed by atoms with E-state index in [0.29, 0.717) is 11.6 Å². The third kappa shape index (κ3) is 3.05. The minimum absolute atomic E-state index is 0.0280. The molecular weight excluding hydrogens is 222 g/mol. The van der Waals surface area contributed by atoms with Gasteiger partial charge in [-0.25, -0.2) is 0 Å². The number of carbonyl (C=O) groups is 2. The molecule has 0 aromatic carbocycles. The van der Waals surface area contributed by atoms with Crippen LogP contribution in [0.4, 0.5) is 0 Å². The SMILES string of the molecule is Cc1cc(C(=O)NC(CC(=O)O)C2CC2)n[nH]1. The molecule has 0 aliphatic heterocycles. The minimum Gasteiger partial charge on any atom is -0.481 e. The van der Waals surface area contributed by atoms with Crippen LogP contribution in [0.15, 0.2) is 6.07 Å². The van der Waals surface area contributed by atoms with E-state index in [4.69, 9.17) is 5.11 Å². The summed E-state index contributed by atoms with van der Waals surface area (Å²) >= 11 is 0. The van der Waals surface area contributed by atoms with Gasteiger partial charge in [-0.3, -0.25) is 14.7 Å². The summed E-state index contributed by atoms with van der Waals surface area (Å²) in [5, 5.41) is 18.0. The molecule has 3 N–H and O–H groups in total. The van der Waals surface area contributed by atoms with Crippen molar-refractivity contribution in [2.75, 3.05) is 0 Å². The molecule has 1 unspecified atom stereocenters. The third-order valence-electron chi connectivity index (χ3n) is 2.84. The van der Waals surface area contributed by atoms with Gasteiger partial charge in [0.2, 0.25) is 0 Å². The zero-order chi connectivity index (χ0) is 12.4. The summed E-state index contributed by atoms with van der Waals surface area (Å²) in [6.45, 7) is 1.80. The van der Waals surface area contributed by atoms with Crippen molar-refractivity contribution in [3.63, 3.8) is 0 Å². The molecule has 1 aliphatic rings. The first-order valence-corrected chi connectivity index (χ1v) is 5.61. The summed E-state index contributed by atoms with van der Waals surface area (Å²) in [5.74, 6) is -0.900. The first-order chi connectivity index (χ1) is 8.06. The zero-order valence-electron chi connectivity index (χ0n) is 9.56. The van der Waals surface area contributed by atoms with Gasteiger partial charge in [-0.05, 0) is 31.7 Å². The first-order valence-electron chi connectivity index (χ1n) is 5.61. The van der Waals surface area contributed by atoms with Crippen LogP contribution in [0.25, 0.3) is 0 Å². The molecule has 1 heterocycles. The van der Waals surface area contributed by atoms with Gasteiger partial charge in [0.25, 0.3) is 5.91 Å². The number of aliphatic carboxylic acids is 1. The second kappa shape index (κ2) is 4.57. The zero-order valence-corrected chi connectivity index (χ0v) is 9.56. The Morgan fingerprint density at radius 2 is 2.35 bits per heavy atom. The number of nitrogens with one attached hydrogen (secondary N) is 2. The number of carboxylic acid groups (broad SMARTS) is 1. The van der Waals surface area contributed by atoms with Gasteiger partial charge in [0.1, 0.15) is 5.69 Å². The Balaban J connectivity index is 1.97. The molecule has 6 heteroatoms. The van der Waals surface area contributed by atoms with E-state index in [-0.39, 0.29) is 18.4 Å². The van der Waals surface area contributed by atoms with E-state index in [1.807, 2.05) is 0 Å². The van der Waals surface area contributed by atoms with E-state index in [2.05, 4.69) is 15.5 Å². The molecule has 1 saturated carbocycles. The molecule has 2 rings (SSSR count). The van der Waals surface area contributed by atoms with Gasteiger partial charge in [0.05, 0.1) is 6.42 Å². The summed E-state index contributed by atoms with van der Waals surface area (Å²) in [6.07, 6.45) is 1.94. The van der Waals surface area contributed by atoms with Crippen LogP contribution in [0.5, 0.6) is 0 Å². The molecule has 92 valence electrons. The number of aromatic nitrogens is 2. The lowest BCUT2D eigenvalue weighted by atomic mass is 10.1. The van der Waals surface area contributed by atoms with Crippen molar-refractivity contribution in [3.8, 4) is 0 Å². The van der Waals surface area contributed by atoms with Crippen LogP contribution in [0, 0.1) is 12.8 Å². The average Bonchev–Trinajstić information content (AvgIpc) is 2.99. The largest absolute Gasteiger partial charge is 0.481 e. The Morgan fingerprint density at radius 1 is 1.65 bits per heavy atom. The van der Waals surface area contributed by atoms with Crippen molar-refractivity contribution < 1.29 is 14.7 Å². The smallest absolute Gasteiger partial charge is 0.305 e. The maximum Gasteiger partial charge on any atom is 0.305 e.